The number of ether oxygens (including phenoxy) is 2. The van der Waals surface area contributed by atoms with Gasteiger partial charge in [0.2, 0.25) is 0 Å². The minimum Gasteiger partial charge on any atom is -0.389 e. The molecule has 0 bridgehead atoms. The Balaban J connectivity index is 3.60. The summed E-state index contributed by atoms with van der Waals surface area (Å²) < 4.78 is 10.5. The molecule has 4 nitrogen and oxygen atoms in total. The maximum absolute atomic E-state index is 9.77. The van der Waals surface area contributed by atoms with Crippen molar-refractivity contribution in [2.45, 2.75) is 19.4 Å². The van der Waals surface area contributed by atoms with E-state index < -0.39 is 6.10 Å². The van der Waals surface area contributed by atoms with Gasteiger partial charge in [0.25, 0.3) is 0 Å². The Morgan fingerprint density at radius 3 is 2.50 bits per heavy atom. The third-order valence-electron chi connectivity index (χ3n) is 2.46. The summed E-state index contributed by atoms with van der Waals surface area (Å²) in [5.41, 5.74) is 0. The highest BCUT2D eigenvalue weighted by molar-refractivity contribution is 4.67. The fourth-order valence-electron chi connectivity index (χ4n) is 1.57. The van der Waals surface area contributed by atoms with Gasteiger partial charge in [0, 0.05) is 19.7 Å². The van der Waals surface area contributed by atoms with Crippen LogP contribution in [-0.2, 0) is 9.47 Å². The van der Waals surface area contributed by atoms with Gasteiger partial charge in [0.15, 0.2) is 0 Å². The molecule has 106 valence electrons. The lowest BCUT2D eigenvalue weighted by atomic mass is 10.3. The second-order valence-corrected chi connectivity index (χ2v) is 4.09. The number of hydrogen-bond acceptors (Lipinski definition) is 4. The van der Waals surface area contributed by atoms with Crippen molar-refractivity contribution >= 4 is 0 Å². The van der Waals surface area contributed by atoms with Crippen molar-refractivity contribution in [3.05, 3.63) is 25.3 Å². The van der Waals surface area contributed by atoms with Crippen LogP contribution in [0.4, 0.5) is 0 Å². The summed E-state index contributed by atoms with van der Waals surface area (Å²) in [6.45, 7) is 13.9. The van der Waals surface area contributed by atoms with Gasteiger partial charge in [-0.05, 0) is 13.0 Å². The van der Waals surface area contributed by atoms with Gasteiger partial charge in [-0.1, -0.05) is 19.1 Å². The average molecular weight is 257 g/mol. The minimum absolute atomic E-state index is 0.357. The molecule has 0 saturated carbocycles. The zero-order chi connectivity index (χ0) is 13.6. The molecule has 0 aliphatic rings. The van der Waals surface area contributed by atoms with Crippen molar-refractivity contribution < 1.29 is 14.6 Å². The second-order valence-electron chi connectivity index (χ2n) is 4.09. The van der Waals surface area contributed by atoms with Gasteiger partial charge < -0.3 is 19.5 Å². The first-order valence-corrected chi connectivity index (χ1v) is 6.52. The van der Waals surface area contributed by atoms with Crippen LogP contribution in [0.25, 0.3) is 0 Å². The molecule has 0 radical (unpaired) electrons. The summed E-state index contributed by atoms with van der Waals surface area (Å²) in [5.74, 6) is 0. The van der Waals surface area contributed by atoms with E-state index in [0.717, 1.165) is 26.1 Å². The lowest BCUT2D eigenvalue weighted by molar-refractivity contribution is 0.0254. The van der Waals surface area contributed by atoms with Crippen LogP contribution in [0.1, 0.15) is 13.3 Å². The zero-order valence-electron chi connectivity index (χ0n) is 11.5. The van der Waals surface area contributed by atoms with Crippen LogP contribution >= 0.6 is 0 Å². The lowest BCUT2D eigenvalue weighted by Crippen LogP contribution is -2.35. The van der Waals surface area contributed by atoms with E-state index >= 15 is 0 Å². The van der Waals surface area contributed by atoms with Crippen LogP contribution < -0.4 is 0 Å². The van der Waals surface area contributed by atoms with Crippen LogP contribution in [0.3, 0.4) is 0 Å². The van der Waals surface area contributed by atoms with E-state index in [0.29, 0.717) is 26.4 Å². The van der Waals surface area contributed by atoms with E-state index in [2.05, 4.69) is 25.0 Å². The molecule has 1 N–H and O–H groups in total. The number of hydrogen-bond donors (Lipinski definition) is 1. The summed E-state index contributed by atoms with van der Waals surface area (Å²) >= 11 is 0. The predicted octanol–water partition coefficient (Wildman–Crippen LogP) is 1.46. The Morgan fingerprint density at radius 1 is 1.22 bits per heavy atom. The van der Waals surface area contributed by atoms with Gasteiger partial charge in [0.1, 0.15) is 0 Å². The molecule has 0 amide bonds. The van der Waals surface area contributed by atoms with Crippen molar-refractivity contribution in [1.82, 2.24) is 4.90 Å². The maximum atomic E-state index is 9.77. The largest absolute Gasteiger partial charge is 0.389 e. The molecule has 4 heteroatoms. The molecule has 0 rings (SSSR count). The number of rotatable bonds is 13. The quantitative estimate of drug-likeness (QED) is 0.401. The van der Waals surface area contributed by atoms with Crippen molar-refractivity contribution in [3.8, 4) is 0 Å². The normalized spacial score (nSPS) is 12.6. The fraction of sp³-hybridized carbons (Fsp3) is 0.714. The van der Waals surface area contributed by atoms with Crippen molar-refractivity contribution in [1.29, 1.82) is 0 Å². The van der Waals surface area contributed by atoms with E-state index in [9.17, 15) is 5.11 Å². The Morgan fingerprint density at radius 2 is 1.89 bits per heavy atom. The van der Waals surface area contributed by atoms with Crippen LogP contribution in [-0.4, -0.2) is 62.2 Å². The first kappa shape index (κ1) is 17.3. The highest BCUT2D eigenvalue weighted by Gasteiger charge is 2.09. The van der Waals surface area contributed by atoms with E-state index in [1.54, 1.807) is 12.2 Å². The fourth-order valence-corrected chi connectivity index (χ4v) is 1.57. The van der Waals surface area contributed by atoms with Crippen LogP contribution in [0, 0.1) is 0 Å². The molecule has 1 unspecified atom stereocenters. The maximum Gasteiger partial charge on any atom is 0.0900 e. The number of nitrogens with zero attached hydrogens (tertiary/aromatic N) is 1. The number of aliphatic hydroxyl groups excluding tert-OH is 1. The molecule has 0 aromatic heterocycles. The average Bonchev–Trinajstić information content (AvgIpc) is 2.37. The molecule has 0 heterocycles. The van der Waals surface area contributed by atoms with Crippen molar-refractivity contribution in [2.24, 2.45) is 0 Å². The summed E-state index contributed by atoms with van der Waals surface area (Å²) in [6.07, 6.45) is 3.94. The van der Waals surface area contributed by atoms with Crippen molar-refractivity contribution in [3.63, 3.8) is 0 Å². The first-order valence-electron chi connectivity index (χ1n) is 6.52. The minimum atomic E-state index is -0.445. The highest BCUT2D eigenvalue weighted by atomic mass is 16.5. The predicted molar refractivity (Wildman–Crippen MR) is 74.8 cm³/mol. The van der Waals surface area contributed by atoms with Gasteiger partial charge in [-0.15, -0.1) is 13.2 Å². The second kappa shape index (κ2) is 12.8. The van der Waals surface area contributed by atoms with Gasteiger partial charge >= 0.3 is 0 Å². The number of aliphatic hydroxyl groups is 1. The molecule has 0 aliphatic carbocycles. The first-order chi connectivity index (χ1) is 8.74. The molecule has 1 atom stereocenters. The van der Waals surface area contributed by atoms with Gasteiger partial charge in [-0.2, -0.15) is 0 Å². The lowest BCUT2D eigenvalue weighted by Gasteiger charge is -2.23. The summed E-state index contributed by atoms with van der Waals surface area (Å²) in [6, 6.07) is 0. The Kier molecular flexibility index (Phi) is 12.3. The molecule has 0 fully saturated rings. The smallest absolute Gasteiger partial charge is 0.0900 e. The van der Waals surface area contributed by atoms with Crippen LogP contribution in [0.2, 0.25) is 0 Å². The van der Waals surface area contributed by atoms with E-state index in [1.165, 1.54) is 0 Å². The Hall–Kier alpha value is -0.680. The van der Waals surface area contributed by atoms with Crippen LogP contribution in [0.5, 0.6) is 0 Å². The SMILES string of the molecule is C=CCOCCCN(CC)CC(O)COCC=C. The topological polar surface area (TPSA) is 41.9 Å². The monoisotopic (exact) mass is 257 g/mol. The van der Waals surface area contributed by atoms with Gasteiger partial charge in [-0.3, -0.25) is 0 Å². The Bertz CT molecular complexity index is 209. The van der Waals surface area contributed by atoms with Crippen molar-refractivity contribution in [2.75, 3.05) is 46.1 Å². The highest BCUT2D eigenvalue weighted by Crippen LogP contribution is 1.97. The number of likely N-dealkylation sites (N-methyl/N-ethyl adjacent to an activating group) is 1. The third kappa shape index (κ3) is 10.5. The summed E-state index contributed by atoms with van der Waals surface area (Å²) in [4.78, 5) is 2.19. The standard InChI is InChI=1S/C14H27NO3/c1-4-9-17-11-7-8-15(6-3)12-14(16)13-18-10-5-2/h4-5,14,16H,1-2,6-13H2,3H3. The molecule has 0 aliphatic heterocycles. The molecule has 0 spiro atoms. The molecule has 18 heavy (non-hydrogen) atoms. The molecular weight excluding hydrogens is 230 g/mol. The molecule has 0 aromatic carbocycles. The summed E-state index contributed by atoms with van der Waals surface area (Å²) in [7, 11) is 0. The van der Waals surface area contributed by atoms with E-state index in [-0.39, 0.29) is 0 Å². The molecule has 0 aromatic rings. The van der Waals surface area contributed by atoms with E-state index in [4.69, 9.17) is 9.47 Å². The molecular formula is C14H27NO3. The zero-order valence-corrected chi connectivity index (χ0v) is 11.5. The van der Waals surface area contributed by atoms with E-state index in [1.807, 2.05) is 0 Å². The summed E-state index contributed by atoms with van der Waals surface area (Å²) in [5, 5.41) is 9.77. The van der Waals surface area contributed by atoms with Crippen LogP contribution in [0.15, 0.2) is 25.3 Å². The Labute approximate surface area is 111 Å². The third-order valence-corrected chi connectivity index (χ3v) is 2.46. The van der Waals surface area contributed by atoms with Gasteiger partial charge in [0.05, 0.1) is 25.9 Å². The van der Waals surface area contributed by atoms with Gasteiger partial charge in [-0.25, -0.2) is 0 Å². The molecule has 0 saturated heterocycles.